The Labute approximate surface area is 166 Å². The SMILES string of the molecule is C[C@@H]1CN(S(=O)(=O)N2CCN(C(=O)CCc3ccccc3F)CC2)C[C@H](C)O1. The molecule has 0 aromatic heterocycles. The lowest BCUT2D eigenvalue weighted by atomic mass is 10.1. The topological polar surface area (TPSA) is 70.2 Å². The molecule has 0 aliphatic carbocycles. The monoisotopic (exact) mass is 413 g/mol. The van der Waals surface area contributed by atoms with Crippen molar-refractivity contribution in [3.63, 3.8) is 0 Å². The highest BCUT2D eigenvalue weighted by Crippen LogP contribution is 2.19. The maximum Gasteiger partial charge on any atom is 0.282 e. The number of rotatable bonds is 5. The van der Waals surface area contributed by atoms with E-state index < -0.39 is 10.2 Å². The molecule has 3 rings (SSSR count). The second kappa shape index (κ2) is 8.86. The van der Waals surface area contributed by atoms with E-state index in [2.05, 4.69) is 0 Å². The summed E-state index contributed by atoms with van der Waals surface area (Å²) in [5.41, 5.74) is 0.521. The summed E-state index contributed by atoms with van der Waals surface area (Å²) in [4.78, 5) is 14.1. The fraction of sp³-hybridized carbons (Fsp3) is 0.632. The molecule has 2 saturated heterocycles. The Morgan fingerprint density at radius 1 is 1.07 bits per heavy atom. The summed E-state index contributed by atoms with van der Waals surface area (Å²) in [6.07, 6.45) is 0.277. The third kappa shape index (κ3) is 4.89. The average Bonchev–Trinajstić information content (AvgIpc) is 2.66. The van der Waals surface area contributed by atoms with Crippen LogP contribution in [0.25, 0.3) is 0 Å². The molecule has 7 nitrogen and oxygen atoms in total. The third-order valence-corrected chi connectivity index (χ3v) is 7.16. The maximum atomic E-state index is 13.7. The van der Waals surface area contributed by atoms with Gasteiger partial charge in [-0.2, -0.15) is 17.0 Å². The summed E-state index contributed by atoms with van der Waals surface area (Å²) in [5, 5.41) is 0. The molecule has 0 saturated carbocycles. The van der Waals surface area contributed by atoms with Crippen LogP contribution in [0.3, 0.4) is 0 Å². The van der Waals surface area contributed by atoms with Crippen LogP contribution in [0, 0.1) is 5.82 Å². The standard InChI is InChI=1S/C19H28FN3O4S/c1-15-13-23(14-16(2)27-15)28(25,26)22-11-9-21(10-12-22)19(24)8-7-17-5-3-4-6-18(17)20/h3-6,15-16H,7-14H2,1-2H3/t15-,16+. The van der Waals surface area contributed by atoms with E-state index in [1.54, 1.807) is 23.1 Å². The van der Waals surface area contributed by atoms with Crippen LogP contribution >= 0.6 is 0 Å². The molecule has 0 radical (unpaired) electrons. The molecule has 1 amide bonds. The van der Waals surface area contributed by atoms with Crippen LogP contribution < -0.4 is 0 Å². The Bertz CT molecular complexity index is 786. The molecule has 2 heterocycles. The first-order chi connectivity index (χ1) is 13.3. The van der Waals surface area contributed by atoms with Crippen LogP contribution in [0.4, 0.5) is 4.39 Å². The van der Waals surface area contributed by atoms with Crippen molar-refractivity contribution >= 4 is 16.1 Å². The lowest BCUT2D eigenvalue weighted by Gasteiger charge is -2.40. The van der Waals surface area contributed by atoms with E-state index >= 15 is 0 Å². The third-order valence-electron chi connectivity index (χ3n) is 5.20. The highest BCUT2D eigenvalue weighted by Gasteiger charge is 2.37. The Balaban J connectivity index is 1.52. The van der Waals surface area contributed by atoms with Gasteiger partial charge >= 0.3 is 0 Å². The van der Waals surface area contributed by atoms with E-state index in [-0.39, 0.29) is 43.4 Å². The number of carbonyl (C=O) groups is 1. The Morgan fingerprint density at radius 3 is 2.29 bits per heavy atom. The number of amides is 1. The van der Waals surface area contributed by atoms with Gasteiger partial charge in [0.1, 0.15) is 5.82 Å². The van der Waals surface area contributed by atoms with Gasteiger partial charge in [0.25, 0.3) is 10.2 Å². The molecule has 0 bridgehead atoms. The fourth-order valence-electron chi connectivity index (χ4n) is 3.75. The first-order valence-electron chi connectivity index (χ1n) is 9.69. The first-order valence-corrected chi connectivity index (χ1v) is 11.1. The van der Waals surface area contributed by atoms with Crippen molar-refractivity contribution in [1.82, 2.24) is 13.5 Å². The molecular formula is C19H28FN3O4S. The Kier molecular flexibility index (Phi) is 6.69. The van der Waals surface area contributed by atoms with Gasteiger partial charge in [0, 0.05) is 45.7 Å². The molecule has 2 aliphatic rings. The summed E-state index contributed by atoms with van der Waals surface area (Å²) < 4.78 is 48.0. The largest absolute Gasteiger partial charge is 0.373 e. The minimum absolute atomic E-state index is 0.0751. The molecule has 0 spiro atoms. The zero-order valence-corrected chi connectivity index (χ0v) is 17.2. The van der Waals surface area contributed by atoms with Gasteiger partial charge in [0.05, 0.1) is 12.2 Å². The first kappa shape index (κ1) is 21.2. The van der Waals surface area contributed by atoms with E-state index in [4.69, 9.17) is 4.74 Å². The number of nitrogens with zero attached hydrogens (tertiary/aromatic N) is 3. The summed E-state index contributed by atoms with van der Waals surface area (Å²) >= 11 is 0. The zero-order valence-electron chi connectivity index (χ0n) is 16.4. The number of ether oxygens (including phenoxy) is 1. The fourth-order valence-corrected chi connectivity index (χ4v) is 5.50. The van der Waals surface area contributed by atoms with Crippen molar-refractivity contribution in [2.75, 3.05) is 39.3 Å². The Hall–Kier alpha value is -1.55. The zero-order chi connectivity index (χ0) is 20.3. The smallest absolute Gasteiger partial charge is 0.282 e. The molecular weight excluding hydrogens is 385 g/mol. The van der Waals surface area contributed by atoms with Crippen molar-refractivity contribution in [3.8, 4) is 0 Å². The summed E-state index contributed by atoms with van der Waals surface area (Å²) in [6, 6.07) is 6.43. The second-order valence-corrected chi connectivity index (χ2v) is 9.38. The van der Waals surface area contributed by atoms with Gasteiger partial charge in [0.15, 0.2) is 0 Å². The number of benzene rings is 1. The molecule has 1 aromatic rings. The maximum absolute atomic E-state index is 13.7. The van der Waals surface area contributed by atoms with Gasteiger partial charge in [-0.15, -0.1) is 0 Å². The molecule has 9 heteroatoms. The summed E-state index contributed by atoms with van der Waals surface area (Å²) in [6.45, 7) is 5.66. The molecule has 2 fully saturated rings. The second-order valence-electron chi connectivity index (χ2n) is 7.45. The van der Waals surface area contributed by atoms with Crippen molar-refractivity contribution in [1.29, 1.82) is 0 Å². The lowest BCUT2D eigenvalue weighted by Crippen LogP contribution is -2.57. The van der Waals surface area contributed by atoms with E-state index in [0.29, 0.717) is 38.2 Å². The lowest BCUT2D eigenvalue weighted by molar-refractivity contribution is -0.132. The van der Waals surface area contributed by atoms with E-state index in [1.807, 2.05) is 13.8 Å². The molecule has 2 aliphatic heterocycles. The minimum Gasteiger partial charge on any atom is -0.373 e. The van der Waals surface area contributed by atoms with Crippen LogP contribution in [0.15, 0.2) is 24.3 Å². The van der Waals surface area contributed by atoms with Crippen molar-refractivity contribution in [2.45, 2.75) is 38.9 Å². The van der Waals surface area contributed by atoms with Gasteiger partial charge in [-0.1, -0.05) is 18.2 Å². The molecule has 1 aromatic carbocycles. The van der Waals surface area contributed by atoms with Crippen molar-refractivity contribution < 1.29 is 22.3 Å². The quantitative estimate of drug-likeness (QED) is 0.729. The van der Waals surface area contributed by atoms with Gasteiger partial charge < -0.3 is 9.64 Å². The molecule has 2 atom stereocenters. The number of hydrogen-bond acceptors (Lipinski definition) is 4. The van der Waals surface area contributed by atoms with E-state index in [9.17, 15) is 17.6 Å². The van der Waals surface area contributed by atoms with E-state index in [1.165, 1.54) is 14.7 Å². The summed E-state index contributed by atoms with van der Waals surface area (Å²) in [7, 11) is -3.56. The van der Waals surface area contributed by atoms with Crippen molar-refractivity contribution in [3.05, 3.63) is 35.6 Å². The molecule has 0 N–H and O–H groups in total. The van der Waals surface area contributed by atoms with Crippen LogP contribution in [0.1, 0.15) is 25.8 Å². The molecule has 28 heavy (non-hydrogen) atoms. The highest BCUT2D eigenvalue weighted by atomic mass is 32.2. The van der Waals surface area contributed by atoms with Crippen LogP contribution in [0.5, 0.6) is 0 Å². The van der Waals surface area contributed by atoms with Crippen LogP contribution in [-0.4, -0.2) is 79.3 Å². The van der Waals surface area contributed by atoms with E-state index in [0.717, 1.165) is 0 Å². The van der Waals surface area contributed by atoms with Crippen LogP contribution in [0.2, 0.25) is 0 Å². The summed E-state index contributed by atoms with van der Waals surface area (Å²) in [5.74, 6) is -0.380. The number of piperazine rings is 1. The van der Waals surface area contributed by atoms with Gasteiger partial charge in [-0.05, 0) is 31.9 Å². The number of aryl methyl sites for hydroxylation is 1. The van der Waals surface area contributed by atoms with Crippen molar-refractivity contribution in [2.24, 2.45) is 0 Å². The minimum atomic E-state index is -3.56. The average molecular weight is 414 g/mol. The highest BCUT2D eigenvalue weighted by molar-refractivity contribution is 7.86. The number of hydrogen-bond donors (Lipinski definition) is 0. The normalized spacial score (nSPS) is 25.0. The predicted octanol–water partition coefficient (Wildman–Crippen LogP) is 1.26. The number of morpholine rings is 1. The molecule has 0 unspecified atom stereocenters. The van der Waals surface area contributed by atoms with Crippen LogP contribution in [-0.2, 0) is 26.2 Å². The van der Waals surface area contributed by atoms with Gasteiger partial charge in [0.2, 0.25) is 5.91 Å². The predicted molar refractivity (Wildman–Crippen MR) is 103 cm³/mol. The Morgan fingerprint density at radius 2 is 1.68 bits per heavy atom. The molecule has 156 valence electrons. The van der Waals surface area contributed by atoms with Gasteiger partial charge in [-0.3, -0.25) is 4.79 Å². The number of halogens is 1. The number of carbonyl (C=O) groups excluding carboxylic acids is 1. The van der Waals surface area contributed by atoms with Gasteiger partial charge in [-0.25, -0.2) is 4.39 Å².